The molecule has 0 aromatic carbocycles. The lowest BCUT2D eigenvalue weighted by molar-refractivity contribution is -1.08. The summed E-state index contributed by atoms with van der Waals surface area (Å²) in [6, 6.07) is 0.299. The fourth-order valence-electron chi connectivity index (χ4n) is 2.47. The lowest BCUT2D eigenvalue weighted by atomic mass is 10.3. The lowest BCUT2D eigenvalue weighted by Gasteiger charge is -2.35. The van der Waals surface area contributed by atoms with Gasteiger partial charge in [-0.1, -0.05) is 0 Å². The fourth-order valence-corrected chi connectivity index (χ4v) is 2.47. The van der Waals surface area contributed by atoms with Crippen molar-refractivity contribution in [2.24, 2.45) is 5.92 Å². The van der Waals surface area contributed by atoms with Gasteiger partial charge in [-0.2, -0.15) is 0 Å². The molecule has 0 bridgehead atoms. The minimum Gasteiger partial charge on any atom is -0.465 e. The summed E-state index contributed by atoms with van der Waals surface area (Å²) in [6.45, 7) is 2.09. The van der Waals surface area contributed by atoms with Crippen molar-refractivity contribution in [2.45, 2.75) is 18.6 Å². The highest BCUT2D eigenvalue weighted by Crippen LogP contribution is 2.34. The molecule has 4 unspecified atom stereocenters. The van der Waals surface area contributed by atoms with Gasteiger partial charge in [0, 0.05) is 0 Å². The van der Waals surface area contributed by atoms with E-state index in [0.29, 0.717) is 22.0 Å². The van der Waals surface area contributed by atoms with Crippen molar-refractivity contribution in [3.05, 3.63) is 11.7 Å². The van der Waals surface area contributed by atoms with Crippen LogP contribution in [0.3, 0.4) is 0 Å². The number of likely N-dealkylation sites (N-methyl/N-ethyl adjacent to an activating group) is 3. The molecule has 0 radical (unpaired) electrons. The van der Waals surface area contributed by atoms with Crippen molar-refractivity contribution in [2.75, 3.05) is 21.1 Å². The van der Waals surface area contributed by atoms with Crippen LogP contribution in [0.4, 0.5) is 0 Å². The smallest absolute Gasteiger partial charge is 0.225 e. The fraction of sp³-hybridized carbons (Fsp3) is 1.00. The minimum absolute atomic E-state index is 0.269. The summed E-state index contributed by atoms with van der Waals surface area (Å²) in [6.07, 6.45) is 0. The van der Waals surface area contributed by atoms with Gasteiger partial charge in [0.25, 0.3) is 0 Å². The van der Waals surface area contributed by atoms with Crippen LogP contribution in [0.15, 0.2) is 0 Å². The van der Waals surface area contributed by atoms with Crippen LogP contribution in [-0.2, 0) is 0 Å². The summed E-state index contributed by atoms with van der Waals surface area (Å²) in [5.74, 6) is 15.7. The van der Waals surface area contributed by atoms with Gasteiger partial charge < -0.3 is 27.0 Å². The third-order valence-electron chi connectivity index (χ3n) is 3.15. The van der Waals surface area contributed by atoms with Gasteiger partial charge in [0.05, 0.1) is 20.0 Å². The third kappa shape index (κ3) is 0.982. The van der Waals surface area contributed by atoms with E-state index in [1.165, 1.54) is 0 Å². The molecule has 5 N–H and O–H groups in total. The van der Waals surface area contributed by atoms with Crippen LogP contribution in [0.5, 0.6) is 0 Å². The number of rotatable bonds is 3. The van der Waals surface area contributed by atoms with Gasteiger partial charge in [0.2, 0.25) is 5.66 Å². The monoisotopic (exact) mass is 173 g/mol. The van der Waals surface area contributed by atoms with Crippen LogP contribution in [0.1, 0.15) is 6.92 Å². The Hall–Kier alpha value is -0.200. The molecule has 0 aliphatic heterocycles. The molecule has 0 saturated heterocycles. The molecule has 0 amide bonds. The van der Waals surface area contributed by atoms with Gasteiger partial charge in [-0.15, -0.1) is 0 Å². The van der Waals surface area contributed by atoms with Gasteiger partial charge in [-0.25, -0.2) is 0 Å². The molecule has 0 aromatic rings. The molecule has 5 heteroatoms. The van der Waals surface area contributed by atoms with Crippen molar-refractivity contribution in [3.8, 4) is 0 Å². The Kier molecular flexibility index (Phi) is 2.42. The largest absolute Gasteiger partial charge is 0.465 e. The Morgan fingerprint density at radius 2 is 1.67 bits per heavy atom. The Morgan fingerprint density at radius 3 is 1.75 bits per heavy atom. The van der Waals surface area contributed by atoms with Gasteiger partial charge in [-0.3, -0.25) is 0 Å². The predicted molar refractivity (Wildman–Crippen MR) is 47.2 cm³/mol. The zero-order valence-electron chi connectivity index (χ0n) is 8.15. The lowest BCUT2D eigenvalue weighted by Crippen LogP contribution is -3.32. The Labute approximate surface area is 73.6 Å². The maximum Gasteiger partial charge on any atom is 0.225 e. The molecule has 4 atom stereocenters. The molecule has 0 aromatic heterocycles. The molecule has 1 aliphatic rings. The average molecular weight is 173 g/mol. The molecular formula is C7H19N5. The van der Waals surface area contributed by atoms with Crippen LogP contribution in [0.2, 0.25) is 0 Å². The standard InChI is InChI=1S/C7H19N5/c1-5-6(10-2)7(5,11(3)8)12(4)9/h5-6,8-12H,1-4H3. The first-order chi connectivity index (χ1) is 5.49. The number of quaternary nitrogens is 2. The van der Waals surface area contributed by atoms with Crippen LogP contribution in [0.25, 0.3) is 11.7 Å². The zero-order chi connectivity index (χ0) is 9.52. The maximum absolute atomic E-state index is 7.67. The first-order valence-corrected chi connectivity index (χ1v) is 4.28. The first kappa shape index (κ1) is 9.88. The number of hydrogen-bond acceptors (Lipinski definition) is 1. The number of hydrogen-bond donors (Lipinski definition) is 3. The van der Waals surface area contributed by atoms with Crippen LogP contribution in [0, 0.1) is 5.92 Å². The molecule has 12 heavy (non-hydrogen) atoms. The summed E-state index contributed by atoms with van der Waals surface area (Å²) in [4.78, 5) is 0. The summed E-state index contributed by atoms with van der Waals surface area (Å²) >= 11 is 0. The van der Waals surface area contributed by atoms with E-state index in [9.17, 15) is 0 Å². The first-order valence-electron chi connectivity index (χ1n) is 4.28. The van der Waals surface area contributed by atoms with E-state index in [2.05, 4.69) is 12.2 Å². The summed E-state index contributed by atoms with van der Waals surface area (Å²) < 4.78 is 0. The highest BCUT2D eigenvalue weighted by Gasteiger charge is 2.71. The molecule has 0 spiro atoms. The van der Waals surface area contributed by atoms with E-state index in [1.54, 1.807) is 14.1 Å². The van der Waals surface area contributed by atoms with E-state index in [4.69, 9.17) is 11.7 Å². The van der Waals surface area contributed by atoms with Gasteiger partial charge >= 0.3 is 0 Å². The van der Waals surface area contributed by atoms with E-state index < -0.39 is 0 Å². The van der Waals surface area contributed by atoms with E-state index in [1.807, 2.05) is 7.05 Å². The van der Waals surface area contributed by atoms with Gasteiger partial charge in [0.1, 0.15) is 6.04 Å². The van der Waals surface area contributed by atoms with Crippen molar-refractivity contribution < 1.29 is 10.0 Å². The molecule has 0 heterocycles. The summed E-state index contributed by atoms with van der Waals surface area (Å²) in [5, 5.41) is 4.39. The molecular weight excluding hydrogens is 154 g/mol. The van der Waals surface area contributed by atoms with E-state index >= 15 is 0 Å². The van der Waals surface area contributed by atoms with Crippen LogP contribution in [-0.4, -0.2) is 32.8 Å². The van der Waals surface area contributed by atoms with E-state index in [0.717, 1.165) is 0 Å². The molecule has 1 aliphatic carbocycles. The highest BCUT2D eigenvalue weighted by molar-refractivity contribution is 5.07. The summed E-state index contributed by atoms with van der Waals surface area (Å²) in [5.41, 5.74) is -0.269. The normalized spacial score (nSPS) is 45.5. The van der Waals surface area contributed by atoms with Crippen LogP contribution < -0.4 is 15.3 Å². The third-order valence-corrected chi connectivity index (χ3v) is 3.15. The topological polar surface area (TPSA) is 68.5 Å². The zero-order valence-corrected chi connectivity index (χ0v) is 8.15. The molecule has 72 valence electrons. The van der Waals surface area contributed by atoms with Crippen molar-refractivity contribution >= 4 is 0 Å². The molecule has 5 nitrogen and oxygen atoms in total. The van der Waals surface area contributed by atoms with Crippen molar-refractivity contribution in [1.82, 2.24) is 5.32 Å². The quantitative estimate of drug-likeness (QED) is 0.332. The second kappa shape index (κ2) is 2.93. The van der Waals surface area contributed by atoms with Crippen molar-refractivity contribution in [1.29, 1.82) is 0 Å². The van der Waals surface area contributed by atoms with E-state index in [-0.39, 0.29) is 5.66 Å². The van der Waals surface area contributed by atoms with Crippen LogP contribution >= 0.6 is 0 Å². The Morgan fingerprint density at radius 1 is 1.25 bits per heavy atom. The Bertz CT molecular complexity index is 159. The summed E-state index contributed by atoms with van der Waals surface area (Å²) in [7, 11) is 5.49. The molecule has 1 saturated carbocycles. The highest BCUT2D eigenvalue weighted by atomic mass is 15.6. The second-order valence-corrected chi connectivity index (χ2v) is 3.67. The second-order valence-electron chi connectivity index (χ2n) is 3.67. The van der Waals surface area contributed by atoms with Gasteiger partial charge in [0.15, 0.2) is 0 Å². The maximum atomic E-state index is 7.67. The Balaban J connectivity index is 2.79. The van der Waals surface area contributed by atoms with Gasteiger partial charge in [-0.05, 0) is 14.0 Å². The van der Waals surface area contributed by atoms with Crippen molar-refractivity contribution in [3.63, 3.8) is 0 Å². The number of nitrogens with one attached hydrogen (secondary N) is 5. The predicted octanol–water partition coefficient (Wildman–Crippen LogP) is -2.12. The molecule has 1 fully saturated rings. The SMILES string of the molecule is CNC1C(C)C1([NH+](C)[NH-])[NH+](C)[NH-]. The average Bonchev–Trinajstić information content (AvgIpc) is 2.56. The minimum atomic E-state index is -0.269. The molecule has 1 rings (SSSR count).